The lowest BCUT2D eigenvalue weighted by atomic mass is 9.82. The van der Waals surface area contributed by atoms with Crippen LogP contribution in [0.1, 0.15) is 99.1 Å². The van der Waals surface area contributed by atoms with E-state index >= 15 is 0 Å². The maximum atomic E-state index is 14.4. The number of alkyl halides is 3. The van der Waals surface area contributed by atoms with Crippen LogP contribution >= 0.6 is 0 Å². The average molecular weight is 877 g/mol. The zero-order valence-corrected chi connectivity index (χ0v) is 35.7. The van der Waals surface area contributed by atoms with Crippen LogP contribution in [0.2, 0.25) is 0 Å². The van der Waals surface area contributed by atoms with E-state index in [0.717, 1.165) is 75.4 Å². The number of rotatable bonds is 16. The number of aryl methyl sites for hydroxylation is 1. The number of piperazine rings is 1. The third kappa shape index (κ3) is 9.77. The maximum absolute atomic E-state index is 14.4. The number of nitrogens with one attached hydrogen (secondary N) is 3. The molecule has 3 N–H and O–H groups in total. The number of halogens is 3. The maximum Gasteiger partial charge on any atom is 0.416 e. The van der Waals surface area contributed by atoms with E-state index in [1.54, 1.807) is 59.4 Å². The topological polar surface area (TPSA) is 158 Å². The molecule has 2 unspecified atom stereocenters. The van der Waals surface area contributed by atoms with Crippen molar-refractivity contribution in [1.82, 2.24) is 29.7 Å². The van der Waals surface area contributed by atoms with Gasteiger partial charge in [-0.3, -0.25) is 34.2 Å². The van der Waals surface area contributed by atoms with Crippen LogP contribution in [0.4, 0.5) is 24.5 Å². The molecule has 5 aromatic rings. The number of imidazole rings is 1. The number of carbonyl (C=O) groups is 5. The van der Waals surface area contributed by atoms with Gasteiger partial charge >= 0.3 is 6.18 Å². The van der Waals surface area contributed by atoms with Crippen molar-refractivity contribution in [2.75, 3.05) is 49.9 Å². The molecule has 0 spiro atoms. The number of piperidine rings is 1. The third-order valence-electron chi connectivity index (χ3n) is 12.6. The highest BCUT2D eigenvalue weighted by molar-refractivity contribution is 6.30. The molecule has 8 rings (SSSR count). The van der Waals surface area contributed by atoms with Crippen LogP contribution in [-0.2, 0) is 22.3 Å². The van der Waals surface area contributed by atoms with E-state index in [-0.39, 0.29) is 48.1 Å². The molecular weight excluding hydrogens is 826 g/mol. The van der Waals surface area contributed by atoms with Gasteiger partial charge in [0.1, 0.15) is 0 Å². The van der Waals surface area contributed by atoms with E-state index in [4.69, 9.17) is 0 Å². The van der Waals surface area contributed by atoms with Gasteiger partial charge < -0.3 is 15.5 Å². The van der Waals surface area contributed by atoms with Crippen molar-refractivity contribution in [1.29, 1.82) is 0 Å². The van der Waals surface area contributed by atoms with Crippen LogP contribution in [0, 0.1) is 18.8 Å². The second-order valence-electron chi connectivity index (χ2n) is 16.9. The zero-order valence-electron chi connectivity index (χ0n) is 35.7. The lowest BCUT2D eigenvalue weighted by Crippen LogP contribution is -2.46. The predicted molar refractivity (Wildman–Crippen MR) is 235 cm³/mol. The van der Waals surface area contributed by atoms with Gasteiger partial charge in [0.25, 0.3) is 5.91 Å². The molecule has 4 heterocycles. The van der Waals surface area contributed by atoms with Gasteiger partial charge in [-0.15, -0.1) is 0 Å². The molecule has 334 valence electrons. The third-order valence-corrected chi connectivity index (χ3v) is 12.6. The number of Topliss-reactive ketones (excluding diaryl/α,β-unsaturated/α-hetero) is 2. The largest absolute Gasteiger partial charge is 0.416 e. The predicted octanol–water partition coefficient (Wildman–Crippen LogP) is 7.59. The summed E-state index contributed by atoms with van der Waals surface area (Å²) in [6, 6.07) is 17.9. The number of hydrogen-bond donors (Lipinski definition) is 3. The minimum Gasteiger partial charge on any atom is -0.384 e. The van der Waals surface area contributed by atoms with Gasteiger partial charge in [-0.25, -0.2) is 9.50 Å². The highest BCUT2D eigenvalue weighted by Crippen LogP contribution is 2.39. The smallest absolute Gasteiger partial charge is 0.384 e. The van der Waals surface area contributed by atoms with Crippen LogP contribution in [0.3, 0.4) is 0 Å². The number of carbonyl (C=O) groups excluding carboxylic acids is 5. The van der Waals surface area contributed by atoms with Gasteiger partial charge in [-0.05, 0) is 86.3 Å². The van der Waals surface area contributed by atoms with Crippen molar-refractivity contribution >= 4 is 46.3 Å². The van der Waals surface area contributed by atoms with Gasteiger partial charge in [0.05, 0.1) is 34.9 Å². The Balaban J connectivity index is 0.744. The molecule has 2 saturated heterocycles. The fourth-order valence-electron chi connectivity index (χ4n) is 9.12. The molecule has 2 atom stereocenters. The molecule has 64 heavy (non-hydrogen) atoms. The lowest BCUT2D eigenvalue weighted by molar-refractivity contribution is -0.139. The van der Waals surface area contributed by atoms with Gasteiger partial charge in [0, 0.05) is 80.0 Å². The molecule has 16 heteroatoms. The Bertz CT molecular complexity index is 2580. The zero-order chi connectivity index (χ0) is 45.0. The molecule has 2 aromatic heterocycles. The van der Waals surface area contributed by atoms with E-state index in [0.29, 0.717) is 53.4 Å². The van der Waals surface area contributed by atoms with Crippen molar-refractivity contribution < 1.29 is 37.1 Å². The molecule has 3 aromatic carbocycles. The van der Waals surface area contributed by atoms with Crippen molar-refractivity contribution in [3.8, 4) is 11.3 Å². The minimum absolute atomic E-state index is 0.0655. The van der Waals surface area contributed by atoms with Gasteiger partial charge in [0.2, 0.25) is 11.8 Å². The number of nitrogens with zero attached hydrogens (tertiary/aromatic N) is 5. The quantitative estimate of drug-likeness (QED) is 0.0513. The Morgan fingerprint density at radius 1 is 0.844 bits per heavy atom. The van der Waals surface area contributed by atoms with E-state index < -0.39 is 35.4 Å². The summed E-state index contributed by atoms with van der Waals surface area (Å²) in [7, 11) is 0. The molecule has 0 saturated carbocycles. The summed E-state index contributed by atoms with van der Waals surface area (Å²) in [5, 5.41) is 12.6. The summed E-state index contributed by atoms with van der Waals surface area (Å²) in [6.07, 6.45) is 5.12. The summed E-state index contributed by atoms with van der Waals surface area (Å²) >= 11 is 0. The molecule has 2 aliphatic heterocycles. The van der Waals surface area contributed by atoms with Crippen molar-refractivity contribution in [3.63, 3.8) is 0 Å². The molecule has 3 amide bonds. The number of imide groups is 1. The van der Waals surface area contributed by atoms with Crippen LogP contribution in [0.15, 0.2) is 79.1 Å². The molecule has 2 fully saturated rings. The Morgan fingerprint density at radius 3 is 2.39 bits per heavy atom. The summed E-state index contributed by atoms with van der Waals surface area (Å²) < 4.78 is 44.9. The number of hydrogen-bond acceptors (Lipinski definition) is 10. The molecular formula is C48H51F3N8O5. The number of benzene rings is 3. The molecule has 0 radical (unpaired) electrons. The van der Waals surface area contributed by atoms with E-state index in [2.05, 4.69) is 30.9 Å². The minimum atomic E-state index is -4.60. The highest BCUT2D eigenvalue weighted by atomic mass is 19.4. The highest BCUT2D eigenvalue weighted by Gasteiger charge is 2.48. The Morgan fingerprint density at radius 2 is 1.61 bits per heavy atom. The first-order chi connectivity index (χ1) is 30.9. The first-order valence-corrected chi connectivity index (χ1v) is 22.0. The van der Waals surface area contributed by atoms with E-state index in [1.165, 1.54) is 12.1 Å². The van der Waals surface area contributed by atoms with Crippen LogP contribution < -0.4 is 16.0 Å². The van der Waals surface area contributed by atoms with Gasteiger partial charge in [-0.1, -0.05) is 49.9 Å². The van der Waals surface area contributed by atoms with Crippen LogP contribution in [0.25, 0.3) is 16.9 Å². The molecule has 1 aliphatic carbocycles. The van der Waals surface area contributed by atoms with Gasteiger partial charge in [0.15, 0.2) is 17.2 Å². The normalized spacial score (nSPS) is 18.4. The molecule has 0 bridgehead atoms. The summed E-state index contributed by atoms with van der Waals surface area (Å²) in [5.74, 6) is -4.13. The average Bonchev–Trinajstić information content (AvgIpc) is 3.82. The SMILES string of the molecule is Cc1ccc(C(=O)Nc2ccc(CN3CCN(CCCCCCCCNc4cccc5c4C(=O)C(C4CCC(=O)NC4=O)C5=O)CC3)c(C(F)(F)F)c2)cc1-c1cnc2cccnn12. The number of aromatic nitrogens is 3. The summed E-state index contributed by atoms with van der Waals surface area (Å²) in [5.41, 5.74) is 4.00. The molecule has 13 nitrogen and oxygen atoms in total. The summed E-state index contributed by atoms with van der Waals surface area (Å²) in [6.45, 7) is 6.49. The number of anilines is 2. The van der Waals surface area contributed by atoms with Gasteiger partial charge in [-0.2, -0.15) is 18.3 Å². The van der Waals surface area contributed by atoms with Crippen LogP contribution in [-0.4, -0.2) is 93.0 Å². The van der Waals surface area contributed by atoms with Crippen LogP contribution in [0.5, 0.6) is 0 Å². The second kappa shape index (κ2) is 19.2. The first kappa shape index (κ1) is 44.4. The fourth-order valence-corrected chi connectivity index (χ4v) is 9.12. The standard InChI is InChI=1S/C48H51F3N8O5/c1-30-13-14-31(26-36(30)39-28-53-40-12-9-20-54-59(39)40)46(63)55-33-16-15-32(37(27-33)48(49,50)51)29-58-24-22-57(23-25-58)21-7-5-3-2-4-6-19-52-38-11-8-10-34-42(38)45(62)43(44(34)61)35-17-18-41(60)56-47(35)64/h8-16,20,26-28,35,43,52H,2-7,17-19,21-25,29H2,1H3,(H,55,63)(H,56,60,64). The Labute approximate surface area is 368 Å². The first-order valence-electron chi connectivity index (χ1n) is 22.0. The van der Waals surface area contributed by atoms with E-state index in [1.807, 2.05) is 17.9 Å². The monoisotopic (exact) mass is 876 g/mol. The van der Waals surface area contributed by atoms with E-state index in [9.17, 15) is 37.1 Å². The van der Waals surface area contributed by atoms with Crippen molar-refractivity contribution in [3.05, 3.63) is 113 Å². The number of unbranched alkanes of at least 4 members (excludes halogenated alkanes) is 5. The second-order valence-corrected chi connectivity index (χ2v) is 16.9. The number of fused-ring (bicyclic) bond motifs is 2. The number of amides is 3. The molecule has 3 aliphatic rings. The van der Waals surface area contributed by atoms with Crippen molar-refractivity contribution in [2.24, 2.45) is 11.8 Å². The Hall–Kier alpha value is -6.26. The Kier molecular flexibility index (Phi) is 13.3. The fraction of sp³-hybridized carbons (Fsp3) is 0.396. The lowest BCUT2D eigenvalue weighted by Gasteiger charge is -2.35. The van der Waals surface area contributed by atoms with Crippen molar-refractivity contribution in [2.45, 2.75) is 71.0 Å². The summed E-state index contributed by atoms with van der Waals surface area (Å²) in [4.78, 5) is 72.7. The number of ketones is 2.